The van der Waals surface area contributed by atoms with Crippen LogP contribution in [0.4, 0.5) is 5.69 Å². The van der Waals surface area contributed by atoms with Gasteiger partial charge in [-0.25, -0.2) is 0 Å². The molecule has 1 heterocycles. The normalized spacial score (nSPS) is 18.0. The average Bonchev–Trinajstić information content (AvgIpc) is 2.98. The van der Waals surface area contributed by atoms with E-state index in [1.165, 1.54) is 0 Å². The molecule has 1 fully saturated rings. The third-order valence-corrected chi connectivity index (χ3v) is 7.94. The first kappa shape index (κ1) is 35.4. The summed E-state index contributed by atoms with van der Waals surface area (Å²) in [7, 11) is 0. The van der Waals surface area contributed by atoms with E-state index in [1.807, 2.05) is 28.9 Å². The maximum absolute atomic E-state index is 12.5. The summed E-state index contributed by atoms with van der Waals surface area (Å²) >= 11 is 0. The van der Waals surface area contributed by atoms with Crippen LogP contribution in [0.25, 0.3) is 0 Å². The quantitative estimate of drug-likeness (QED) is 0.216. The van der Waals surface area contributed by atoms with E-state index < -0.39 is 17.9 Å². The van der Waals surface area contributed by atoms with Crippen LogP contribution >= 0.6 is 0 Å². The zero-order chi connectivity index (χ0) is 32.8. The van der Waals surface area contributed by atoms with Gasteiger partial charge in [0.15, 0.2) is 0 Å². The number of carbonyl (C=O) groups is 4. The number of phenolic OH excluding ortho intramolecular Hbond substituents is 1. The van der Waals surface area contributed by atoms with E-state index in [0.29, 0.717) is 64.3 Å². The van der Waals surface area contributed by atoms with Crippen LogP contribution in [0.5, 0.6) is 5.75 Å². The van der Waals surface area contributed by atoms with Gasteiger partial charge in [0.25, 0.3) is 0 Å². The van der Waals surface area contributed by atoms with Crippen molar-refractivity contribution >= 4 is 29.5 Å². The minimum absolute atomic E-state index is 0.154. The highest BCUT2D eigenvalue weighted by Gasteiger charge is 2.27. The SMILES string of the molecule is CCN1CCN(CC(=O)O)CCN(CC(=O)O)C(Cc2ccc(NC(=O)CCc3ccc(O)cc3)cc2)CN(CC(=O)O)CC1. The van der Waals surface area contributed by atoms with Crippen LogP contribution in [0.15, 0.2) is 48.5 Å². The Morgan fingerprint density at radius 3 is 1.84 bits per heavy atom. The summed E-state index contributed by atoms with van der Waals surface area (Å²) < 4.78 is 0. The van der Waals surface area contributed by atoms with Crippen molar-refractivity contribution in [2.75, 3.05) is 77.3 Å². The molecule has 13 heteroatoms. The number of hydrogen-bond acceptors (Lipinski definition) is 9. The fourth-order valence-corrected chi connectivity index (χ4v) is 5.46. The van der Waals surface area contributed by atoms with Crippen molar-refractivity contribution in [2.24, 2.45) is 0 Å². The number of phenols is 1. The summed E-state index contributed by atoms with van der Waals surface area (Å²) in [6.45, 7) is 5.25. The molecule has 1 aliphatic heterocycles. The Labute approximate surface area is 263 Å². The lowest BCUT2D eigenvalue weighted by Gasteiger charge is -2.37. The first-order valence-electron chi connectivity index (χ1n) is 15.2. The summed E-state index contributed by atoms with van der Waals surface area (Å²) in [6, 6.07) is 13.6. The first-order chi connectivity index (χ1) is 21.5. The molecule has 246 valence electrons. The molecule has 0 aliphatic carbocycles. The van der Waals surface area contributed by atoms with E-state index in [-0.39, 0.29) is 43.8 Å². The Morgan fingerprint density at radius 1 is 0.711 bits per heavy atom. The van der Waals surface area contributed by atoms with Gasteiger partial charge in [-0.2, -0.15) is 0 Å². The van der Waals surface area contributed by atoms with Crippen LogP contribution in [0, 0.1) is 0 Å². The van der Waals surface area contributed by atoms with E-state index in [2.05, 4.69) is 10.2 Å². The number of nitrogens with zero attached hydrogens (tertiary/aromatic N) is 4. The largest absolute Gasteiger partial charge is 0.508 e. The average molecular weight is 628 g/mol. The summed E-state index contributed by atoms with van der Waals surface area (Å²) in [6.07, 6.45) is 1.22. The number of benzene rings is 2. The van der Waals surface area contributed by atoms with E-state index in [9.17, 15) is 39.6 Å². The molecule has 1 amide bonds. The van der Waals surface area contributed by atoms with E-state index >= 15 is 0 Å². The fraction of sp³-hybridized carbons (Fsp3) is 0.500. The van der Waals surface area contributed by atoms with Crippen molar-refractivity contribution in [1.82, 2.24) is 19.6 Å². The monoisotopic (exact) mass is 627 g/mol. The van der Waals surface area contributed by atoms with Crippen LogP contribution in [-0.4, -0.2) is 142 Å². The summed E-state index contributed by atoms with van der Waals surface area (Å²) in [5.41, 5.74) is 2.44. The smallest absolute Gasteiger partial charge is 0.317 e. The van der Waals surface area contributed by atoms with Gasteiger partial charge in [0, 0.05) is 64.0 Å². The Kier molecular flexibility index (Phi) is 14.2. The molecule has 1 aliphatic rings. The number of anilines is 1. The van der Waals surface area contributed by atoms with E-state index in [4.69, 9.17) is 0 Å². The molecule has 0 spiro atoms. The van der Waals surface area contributed by atoms with Gasteiger partial charge in [0.2, 0.25) is 5.91 Å². The summed E-state index contributed by atoms with van der Waals surface area (Å²) in [5.74, 6) is -2.93. The van der Waals surface area contributed by atoms with Crippen molar-refractivity contribution in [2.45, 2.75) is 32.2 Å². The number of carboxylic acids is 3. The highest BCUT2D eigenvalue weighted by atomic mass is 16.4. The van der Waals surface area contributed by atoms with Crippen molar-refractivity contribution in [3.8, 4) is 5.75 Å². The topological polar surface area (TPSA) is 174 Å². The lowest BCUT2D eigenvalue weighted by atomic mass is 10.0. The minimum Gasteiger partial charge on any atom is -0.508 e. The second kappa shape index (κ2) is 18.1. The fourth-order valence-electron chi connectivity index (χ4n) is 5.46. The van der Waals surface area contributed by atoms with Crippen LogP contribution < -0.4 is 5.32 Å². The molecule has 13 nitrogen and oxygen atoms in total. The van der Waals surface area contributed by atoms with Crippen LogP contribution in [-0.2, 0) is 32.0 Å². The van der Waals surface area contributed by atoms with Gasteiger partial charge in [0.05, 0.1) is 19.6 Å². The van der Waals surface area contributed by atoms with Crippen LogP contribution in [0.3, 0.4) is 0 Å². The van der Waals surface area contributed by atoms with Gasteiger partial charge >= 0.3 is 17.9 Å². The van der Waals surface area contributed by atoms with Gasteiger partial charge in [-0.15, -0.1) is 0 Å². The minimum atomic E-state index is -1.02. The highest BCUT2D eigenvalue weighted by Crippen LogP contribution is 2.17. The number of aliphatic carboxylic acids is 3. The number of rotatable bonds is 13. The molecule has 45 heavy (non-hydrogen) atoms. The van der Waals surface area contributed by atoms with Crippen molar-refractivity contribution in [3.05, 3.63) is 59.7 Å². The first-order valence-corrected chi connectivity index (χ1v) is 15.2. The second-order valence-electron chi connectivity index (χ2n) is 11.4. The molecule has 0 aromatic heterocycles. The molecule has 1 saturated heterocycles. The molecule has 2 aromatic carbocycles. The third kappa shape index (κ3) is 13.2. The zero-order valence-corrected chi connectivity index (χ0v) is 25.8. The number of hydrogen-bond donors (Lipinski definition) is 5. The number of carbonyl (C=O) groups excluding carboxylic acids is 1. The number of amides is 1. The molecule has 2 aromatic rings. The van der Waals surface area contributed by atoms with E-state index in [0.717, 1.165) is 17.7 Å². The lowest BCUT2D eigenvalue weighted by molar-refractivity contribution is -0.141. The van der Waals surface area contributed by atoms with Gasteiger partial charge in [-0.3, -0.25) is 33.9 Å². The standard InChI is InChI=1S/C32H45N5O8/c1-2-34-13-15-35(21-30(40)41)17-18-37(23-32(44)45)27(20-36(16-14-34)22-31(42)43)19-25-3-8-26(9-4-25)33-29(39)12-7-24-5-10-28(38)11-6-24/h3-6,8-11,27,38H,2,7,12-23H2,1H3,(H,33,39)(H,40,41)(H,42,43)(H,44,45). The van der Waals surface area contributed by atoms with Gasteiger partial charge in [0.1, 0.15) is 5.75 Å². The Morgan fingerprint density at radius 2 is 1.24 bits per heavy atom. The molecule has 1 atom stereocenters. The van der Waals surface area contributed by atoms with Crippen molar-refractivity contribution in [1.29, 1.82) is 0 Å². The number of likely N-dealkylation sites (N-methyl/N-ethyl adjacent to an activating group) is 1. The Balaban J connectivity index is 1.76. The predicted octanol–water partition coefficient (Wildman–Crippen LogP) is 1.37. The van der Waals surface area contributed by atoms with Crippen LogP contribution in [0.2, 0.25) is 0 Å². The van der Waals surface area contributed by atoms with Crippen molar-refractivity contribution in [3.63, 3.8) is 0 Å². The lowest BCUT2D eigenvalue weighted by Crippen LogP contribution is -2.53. The van der Waals surface area contributed by atoms with Crippen molar-refractivity contribution < 1.29 is 39.6 Å². The van der Waals surface area contributed by atoms with Crippen LogP contribution in [0.1, 0.15) is 24.5 Å². The van der Waals surface area contributed by atoms with E-state index in [1.54, 1.807) is 41.3 Å². The molecule has 3 rings (SSSR count). The molecule has 0 radical (unpaired) electrons. The van der Waals surface area contributed by atoms with Gasteiger partial charge in [-0.05, 0) is 54.8 Å². The molecule has 0 saturated carbocycles. The van der Waals surface area contributed by atoms with Gasteiger partial charge in [-0.1, -0.05) is 31.2 Å². The Hall–Kier alpha value is -4.04. The number of aromatic hydroxyl groups is 1. The predicted molar refractivity (Wildman–Crippen MR) is 168 cm³/mol. The highest BCUT2D eigenvalue weighted by molar-refractivity contribution is 5.90. The molecule has 1 unspecified atom stereocenters. The number of nitrogens with one attached hydrogen (secondary N) is 1. The maximum Gasteiger partial charge on any atom is 0.317 e. The molecule has 5 N–H and O–H groups in total. The zero-order valence-electron chi connectivity index (χ0n) is 25.8. The Bertz CT molecular complexity index is 1260. The molecule has 0 bridgehead atoms. The number of carboxylic acid groups (broad SMARTS) is 3. The molecular weight excluding hydrogens is 582 g/mol. The third-order valence-electron chi connectivity index (χ3n) is 7.94. The maximum atomic E-state index is 12.5. The molecular formula is C32H45N5O8. The summed E-state index contributed by atoms with van der Waals surface area (Å²) in [4.78, 5) is 55.4. The summed E-state index contributed by atoms with van der Waals surface area (Å²) in [5, 5.41) is 41.2. The number of aryl methyl sites for hydroxylation is 1. The van der Waals surface area contributed by atoms with Gasteiger partial charge < -0.3 is 30.6 Å². The second-order valence-corrected chi connectivity index (χ2v) is 11.4.